The van der Waals surface area contributed by atoms with Gasteiger partial charge in [-0.3, -0.25) is 4.90 Å². The average Bonchev–Trinajstić information content (AvgIpc) is 3.26. The van der Waals surface area contributed by atoms with Crippen molar-refractivity contribution in [2.24, 2.45) is 0 Å². The first-order valence-corrected chi connectivity index (χ1v) is 9.10. The molecule has 0 bridgehead atoms. The van der Waals surface area contributed by atoms with Crippen molar-refractivity contribution in [1.82, 2.24) is 19.5 Å². The van der Waals surface area contributed by atoms with Gasteiger partial charge in [0.15, 0.2) is 11.5 Å². The number of morpholine rings is 1. The maximum atomic E-state index is 10.8. The minimum Gasteiger partial charge on any atom is -0.493 e. The summed E-state index contributed by atoms with van der Waals surface area (Å²) in [5, 5.41) is 14.9. The molecule has 0 saturated carbocycles. The summed E-state index contributed by atoms with van der Waals surface area (Å²) in [5.41, 5.74) is 0.925. The Hall–Kier alpha value is -2.36. The van der Waals surface area contributed by atoms with E-state index in [1.807, 2.05) is 18.2 Å². The Morgan fingerprint density at radius 2 is 2.04 bits per heavy atom. The highest BCUT2D eigenvalue weighted by Gasteiger charge is 2.33. The van der Waals surface area contributed by atoms with E-state index in [1.54, 1.807) is 14.2 Å². The number of hydrogen-bond donors (Lipinski definition) is 1. The molecule has 0 spiro atoms. The largest absolute Gasteiger partial charge is 0.493 e. The fourth-order valence-corrected chi connectivity index (χ4v) is 4.42. The van der Waals surface area contributed by atoms with Gasteiger partial charge in [-0.2, -0.15) is 9.61 Å². The fourth-order valence-electron chi connectivity index (χ4n) is 3.34. The van der Waals surface area contributed by atoms with E-state index in [1.165, 1.54) is 22.2 Å². The molecule has 8 nitrogen and oxygen atoms in total. The molecule has 0 unspecified atom stereocenters. The maximum Gasteiger partial charge on any atom is 0.230 e. The molecule has 2 aromatic heterocycles. The van der Waals surface area contributed by atoms with Gasteiger partial charge in [0.25, 0.3) is 0 Å². The molecule has 1 aromatic carbocycles. The number of para-hydroxylation sites is 1. The molecule has 0 aliphatic carbocycles. The van der Waals surface area contributed by atoms with Crippen LogP contribution < -0.4 is 9.47 Å². The number of fused-ring (bicyclic) bond motifs is 1. The quantitative estimate of drug-likeness (QED) is 0.729. The van der Waals surface area contributed by atoms with E-state index < -0.39 is 0 Å². The van der Waals surface area contributed by atoms with E-state index in [0.717, 1.165) is 23.5 Å². The standard InChI is InChI=1S/C17H20N4O4S/c1-23-12-5-3-4-11(14(12)24-2)13(20-6-8-25-9-7-20)15-16(22)21-17(26-15)18-10-19-21/h3-5,10,13,22H,6-9H2,1-2H3/t13-/m1/s1. The smallest absolute Gasteiger partial charge is 0.230 e. The van der Waals surface area contributed by atoms with Gasteiger partial charge < -0.3 is 19.3 Å². The zero-order chi connectivity index (χ0) is 18.1. The van der Waals surface area contributed by atoms with Crippen molar-refractivity contribution in [3.8, 4) is 17.4 Å². The molecule has 0 radical (unpaired) electrons. The Labute approximate surface area is 154 Å². The summed E-state index contributed by atoms with van der Waals surface area (Å²) in [6.07, 6.45) is 1.44. The maximum absolute atomic E-state index is 10.8. The summed E-state index contributed by atoms with van der Waals surface area (Å²) >= 11 is 1.42. The van der Waals surface area contributed by atoms with Crippen LogP contribution in [0.2, 0.25) is 0 Å². The van der Waals surface area contributed by atoms with Crippen molar-refractivity contribution in [3.63, 3.8) is 0 Å². The molecular formula is C17H20N4O4S. The lowest BCUT2D eigenvalue weighted by molar-refractivity contribution is 0.0236. The Balaban J connectivity index is 1.89. The number of rotatable bonds is 5. The van der Waals surface area contributed by atoms with Crippen LogP contribution in [0.3, 0.4) is 0 Å². The van der Waals surface area contributed by atoms with Gasteiger partial charge in [-0.15, -0.1) is 0 Å². The summed E-state index contributed by atoms with van der Waals surface area (Å²) in [7, 11) is 3.24. The van der Waals surface area contributed by atoms with Crippen LogP contribution in [-0.2, 0) is 4.74 Å². The molecule has 1 aliphatic heterocycles. The van der Waals surface area contributed by atoms with Gasteiger partial charge >= 0.3 is 0 Å². The minimum atomic E-state index is -0.211. The summed E-state index contributed by atoms with van der Waals surface area (Å²) in [6.45, 7) is 2.78. The van der Waals surface area contributed by atoms with Gasteiger partial charge in [0.2, 0.25) is 10.8 Å². The number of aromatic hydroxyl groups is 1. The predicted octanol–water partition coefficient (Wildman–Crippen LogP) is 1.94. The molecule has 26 heavy (non-hydrogen) atoms. The highest BCUT2D eigenvalue weighted by Crippen LogP contribution is 2.45. The van der Waals surface area contributed by atoms with Crippen LogP contribution in [0, 0.1) is 0 Å². The fraction of sp³-hybridized carbons (Fsp3) is 0.412. The molecule has 1 N–H and O–H groups in total. The molecule has 138 valence electrons. The third-order valence-electron chi connectivity index (χ3n) is 4.53. The van der Waals surface area contributed by atoms with Gasteiger partial charge in [-0.25, -0.2) is 4.98 Å². The monoisotopic (exact) mass is 376 g/mol. The van der Waals surface area contributed by atoms with Crippen LogP contribution in [0.15, 0.2) is 24.5 Å². The van der Waals surface area contributed by atoms with Crippen LogP contribution in [0.5, 0.6) is 17.4 Å². The highest BCUT2D eigenvalue weighted by molar-refractivity contribution is 7.17. The third-order valence-corrected chi connectivity index (χ3v) is 5.61. The van der Waals surface area contributed by atoms with Crippen LogP contribution in [0.1, 0.15) is 16.5 Å². The Morgan fingerprint density at radius 1 is 1.23 bits per heavy atom. The first-order valence-electron chi connectivity index (χ1n) is 8.28. The predicted molar refractivity (Wildman–Crippen MR) is 96.3 cm³/mol. The van der Waals surface area contributed by atoms with Gasteiger partial charge in [-0.1, -0.05) is 23.5 Å². The second-order valence-electron chi connectivity index (χ2n) is 5.88. The minimum absolute atomic E-state index is 0.101. The zero-order valence-corrected chi connectivity index (χ0v) is 15.4. The van der Waals surface area contributed by atoms with Crippen LogP contribution in [-0.4, -0.2) is 65.1 Å². The second-order valence-corrected chi connectivity index (χ2v) is 6.89. The van der Waals surface area contributed by atoms with Crippen LogP contribution >= 0.6 is 11.3 Å². The first-order chi connectivity index (χ1) is 12.7. The molecule has 1 aliphatic rings. The summed E-state index contributed by atoms with van der Waals surface area (Å²) < 4.78 is 18.1. The van der Waals surface area contributed by atoms with Gasteiger partial charge in [0.05, 0.1) is 38.4 Å². The molecule has 3 heterocycles. The number of benzene rings is 1. The highest BCUT2D eigenvalue weighted by atomic mass is 32.1. The Bertz CT molecular complexity index is 903. The topological polar surface area (TPSA) is 81.4 Å². The van der Waals surface area contributed by atoms with Crippen LogP contribution in [0.25, 0.3) is 4.96 Å². The lowest BCUT2D eigenvalue weighted by Gasteiger charge is -2.34. The first kappa shape index (κ1) is 17.1. The number of thiazole rings is 1. The normalized spacial score (nSPS) is 16.7. The van der Waals surface area contributed by atoms with Crippen molar-refractivity contribution < 1.29 is 19.3 Å². The van der Waals surface area contributed by atoms with Crippen molar-refractivity contribution >= 4 is 16.3 Å². The lowest BCUT2D eigenvalue weighted by atomic mass is 10.0. The van der Waals surface area contributed by atoms with E-state index in [0.29, 0.717) is 29.7 Å². The van der Waals surface area contributed by atoms with Crippen molar-refractivity contribution in [2.75, 3.05) is 40.5 Å². The van der Waals surface area contributed by atoms with Crippen molar-refractivity contribution in [2.45, 2.75) is 6.04 Å². The molecular weight excluding hydrogens is 356 g/mol. The average molecular weight is 376 g/mol. The molecule has 1 atom stereocenters. The van der Waals surface area contributed by atoms with E-state index in [9.17, 15) is 5.11 Å². The van der Waals surface area contributed by atoms with E-state index >= 15 is 0 Å². The number of methoxy groups -OCH3 is 2. The third kappa shape index (κ3) is 2.77. The molecule has 3 aromatic rings. The molecule has 9 heteroatoms. The lowest BCUT2D eigenvalue weighted by Crippen LogP contribution is -2.39. The number of ether oxygens (including phenoxy) is 3. The SMILES string of the molecule is COc1cccc([C@H](c2sc3ncnn3c2O)N2CCOCC2)c1OC. The number of nitrogens with zero attached hydrogens (tertiary/aromatic N) is 4. The van der Waals surface area contributed by atoms with Gasteiger partial charge in [0.1, 0.15) is 6.33 Å². The van der Waals surface area contributed by atoms with Crippen molar-refractivity contribution in [3.05, 3.63) is 35.0 Å². The molecule has 0 amide bonds. The van der Waals surface area contributed by atoms with Gasteiger partial charge in [-0.05, 0) is 6.07 Å². The zero-order valence-electron chi connectivity index (χ0n) is 14.6. The summed E-state index contributed by atoms with van der Waals surface area (Å²) in [4.78, 5) is 7.90. The van der Waals surface area contributed by atoms with E-state index in [4.69, 9.17) is 14.2 Å². The second kappa shape index (κ2) is 7.10. The summed E-state index contributed by atoms with van der Waals surface area (Å²) in [5.74, 6) is 1.41. The van der Waals surface area contributed by atoms with Crippen molar-refractivity contribution in [1.29, 1.82) is 0 Å². The molecule has 1 fully saturated rings. The van der Waals surface area contributed by atoms with E-state index in [2.05, 4.69) is 15.0 Å². The summed E-state index contributed by atoms with van der Waals surface area (Å²) in [6, 6.07) is 5.58. The molecule has 4 rings (SSSR count). The Morgan fingerprint density at radius 3 is 2.73 bits per heavy atom. The van der Waals surface area contributed by atoms with Crippen LogP contribution in [0.4, 0.5) is 0 Å². The molecule has 1 saturated heterocycles. The number of hydrogen-bond acceptors (Lipinski definition) is 8. The van der Waals surface area contributed by atoms with E-state index in [-0.39, 0.29) is 11.9 Å². The number of aromatic nitrogens is 3. The Kier molecular flexibility index (Phi) is 4.66. The van der Waals surface area contributed by atoms with Gasteiger partial charge in [0, 0.05) is 18.7 Å².